The van der Waals surface area contributed by atoms with Gasteiger partial charge in [0.05, 0.1) is 0 Å². The molecular formula is C10H13FN2. The van der Waals surface area contributed by atoms with Gasteiger partial charge in [-0.05, 0) is 30.7 Å². The average Bonchev–Trinajstić information content (AvgIpc) is 2.56. The Balaban J connectivity index is 2.29. The van der Waals surface area contributed by atoms with Crippen molar-refractivity contribution in [3.8, 4) is 0 Å². The van der Waals surface area contributed by atoms with Crippen LogP contribution in [0.1, 0.15) is 17.9 Å². The van der Waals surface area contributed by atoms with Gasteiger partial charge in [0.25, 0.3) is 0 Å². The highest BCUT2D eigenvalue weighted by molar-refractivity contribution is 5.41. The molecule has 3 N–H and O–H groups in total. The number of nitrogen functional groups attached to an aromatic ring is 1. The molecule has 0 radical (unpaired) electrons. The van der Waals surface area contributed by atoms with Crippen LogP contribution in [0.5, 0.6) is 0 Å². The summed E-state index contributed by atoms with van der Waals surface area (Å²) >= 11 is 0. The molecule has 1 atom stereocenters. The average molecular weight is 180 g/mol. The molecule has 0 bridgehead atoms. The minimum absolute atomic E-state index is 0.172. The summed E-state index contributed by atoms with van der Waals surface area (Å²) in [5.41, 5.74) is 6.75. The van der Waals surface area contributed by atoms with E-state index in [0.29, 0.717) is 11.6 Å². The summed E-state index contributed by atoms with van der Waals surface area (Å²) in [6.45, 7) is 1.86. The molecule has 13 heavy (non-hydrogen) atoms. The molecule has 1 unspecified atom stereocenters. The van der Waals surface area contributed by atoms with Gasteiger partial charge in [0.15, 0.2) is 0 Å². The number of benzene rings is 1. The van der Waals surface area contributed by atoms with Crippen LogP contribution in [-0.4, -0.2) is 13.1 Å². The van der Waals surface area contributed by atoms with E-state index in [1.165, 1.54) is 6.07 Å². The molecule has 0 aromatic heterocycles. The Morgan fingerprint density at radius 2 is 2.31 bits per heavy atom. The largest absolute Gasteiger partial charge is 0.399 e. The van der Waals surface area contributed by atoms with Crippen molar-refractivity contribution in [1.82, 2.24) is 5.32 Å². The highest BCUT2D eigenvalue weighted by Crippen LogP contribution is 2.25. The smallest absolute Gasteiger partial charge is 0.128 e. The minimum Gasteiger partial charge on any atom is -0.399 e. The second kappa shape index (κ2) is 3.34. The number of hydrogen-bond donors (Lipinski definition) is 2. The van der Waals surface area contributed by atoms with Crippen molar-refractivity contribution in [2.45, 2.75) is 12.3 Å². The van der Waals surface area contributed by atoms with Crippen LogP contribution >= 0.6 is 0 Å². The number of anilines is 1. The van der Waals surface area contributed by atoms with Crippen molar-refractivity contribution in [2.75, 3.05) is 18.8 Å². The van der Waals surface area contributed by atoms with Crippen LogP contribution in [0, 0.1) is 5.82 Å². The van der Waals surface area contributed by atoms with E-state index in [2.05, 4.69) is 5.32 Å². The Morgan fingerprint density at radius 1 is 1.46 bits per heavy atom. The Hall–Kier alpha value is -1.09. The first kappa shape index (κ1) is 8.51. The van der Waals surface area contributed by atoms with E-state index in [0.717, 1.165) is 25.1 Å². The van der Waals surface area contributed by atoms with E-state index in [1.54, 1.807) is 12.1 Å². The van der Waals surface area contributed by atoms with Crippen molar-refractivity contribution in [3.05, 3.63) is 29.6 Å². The SMILES string of the molecule is Nc1ccc(C2CCNC2)c(F)c1. The summed E-state index contributed by atoms with van der Waals surface area (Å²) in [4.78, 5) is 0. The zero-order valence-electron chi connectivity index (χ0n) is 7.39. The molecule has 1 aromatic rings. The maximum atomic E-state index is 13.4. The number of halogens is 1. The number of rotatable bonds is 1. The fraction of sp³-hybridized carbons (Fsp3) is 0.400. The van der Waals surface area contributed by atoms with Crippen LogP contribution in [0.4, 0.5) is 10.1 Å². The Kier molecular flexibility index (Phi) is 2.19. The van der Waals surface area contributed by atoms with Gasteiger partial charge in [-0.1, -0.05) is 6.07 Å². The maximum Gasteiger partial charge on any atom is 0.128 e. The monoisotopic (exact) mass is 180 g/mol. The molecular weight excluding hydrogens is 167 g/mol. The molecule has 2 nitrogen and oxygen atoms in total. The molecule has 0 aliphatic carbocycles. The molecule has 70 valence electrons. The second-order valence-electron chi connectivity index (χ2n) is 3.47. The summed E-state index contributed by atoms with van der Waals surface area (Å²) in [7, 11) is 0. The summed E-state index contributed by atoms with van der Waals surface area (Å²) in [6, 6.07) is 4.95. The van der Waals surface area contributed by atoms with E-state index in [-0.39, 0.29) is 5.82 Å². The van der Waals surface area contributed by atoms with Gasteiger partial charge in [0, 0.05) is 18.2 Å². The topological polar surface area (TPSA) is 38.0 Å². The van der Waals surface area contributed by atoms with Crippen molar-refractivity contribution < 1.29 is 4.39 Å². The van der Waals surface area contributed by atoms with E-state index in [9.17, 15) is 4.39 Å². The predicted octanol–water partition coefficient (Wildman–Crippen LogP) is 1.48. The van der Waals surface area contributed by atoms with E-state index >= 15 is 0 Å². The van der Waals surface area contributed by atoms with Crippen LogP contribution in [0.25, 0.3) is 0 Å². The zero-order valence-corrected chi connectivity index (χ0v) is 7.39. The van der Waals surface area contributed by atoms with Gasteiger partial charge in [-0.15, -0.1) is 0 Å². The summed E-state index contributed by atoms with van der Waals surface area (Å²) in [5.74, 6) is 0.147. The van der Waals surface area contributed by atoms with Crippen LogP contribution < -0.4 is 11.1 Å². The third-order valence-electron chi connectivity index (χ3n) is 2.52. The first-order valence-electron chi connectivity index (χ1n) is 4.53. The van der Waals surface area contributed by atoms with Gasteiger partial charge in [-0.25, -0.2) is 4.39 Å². The number of hydrogen-bond acceptors (Lipinski definition) is 2. The normalized spacial score (nSPS) is 22.1. The second-order valence-corrected chi connectivity index (χ2v) is 3.47. The minimum atomic E-state index is -0.172. The van der Waals surface area contributed by atoms with Crippen LogP contribution in [0.2, 0.25) is 0 Å². The zero-order chi connectivity index (χ0) is 9.26. The van der Waals surface area contributed by atoms with E-state index < -0.39 is 0 Å². The number of nitrogens with one attached hydrogen (secondary N) is 1. The van der Waals surface area contributed by atoms with Crippen molar-refractivity contribution >= 4 is 5.69 Å². The van der Waals surface area contributed by atoms with Gasteiger partial charge in [0.1, 0.15) is 5.82 Å². The predicted molar refractivity (Wildman–Crippen MR) is 51.0 cm³/mol. The fourth-order valence-corrected chi connectivity index (χ4v) is 1.79. The van der Waals surface area contributed by atoms with Crippen LogP contribution in [0.3, 0.4) is 0 Å². The Morgan fingerprint density at radius 3 is 2.92 bits per heavy atom. The molecule has 1 aliphatic rings. The van der Waals surface area contributed by atoms with Crippen molar-refractivity contribution in [2.24, 2.45) is 0 Å². The first-order valence-corrected chi connectivity index (χ1v) is 4.53. The highest BCUT2D eigenvalue weighted by atomic mass is 19.1. The molecule has 1 saturated heterocycles. The molecule has 0 amide bonds. The molecule has 0 spiro atoms. The van der Waals surface area contributed by atoms with Crippen LogP contribution in [-0.2, 0) is 0 Å². The molecule has 1 fully saturated rings. The summed E-state index contributed by atoms with van der Waals surface area (Å²) in [5, 5.41) is 3.21. The third-order valence-corrected chi connectivity index (χ3v) is 2.52. The Labute approximate surface area is 76.9 Å². The molecule has 3 heteroatoms. The lowest BCUT2D eigenvalue weighted by Gasteiger charge is -2.09. The molecule has 2 rings (SSSR count). The van der Waals surface area contributed by atoms with Crippen LogP contribution in [0.15, 0.2) is 18.2 Å². The van der Waals surface area contributed by atoms with E-state index in [1.807, 2.05) is 0 Å². The standard InChI is InChI=1S/C10H13FN2/c11-10-5-8(12)1-2-9(10)7-3-4-13-6-7/h1-2,5,7,13H,3-4,6,12H2. The van der Waals surface area contributed by atoms with Gasteiger partial charge >= 0.3 is 0 Å². The van der Waals surface area contributed by atoms with Crippen molar-refractivity contribution in [3.63, 3.8) is 0 Å². The van der Waals surface area contributed by atoms with E-state index in [4.69, 9.17) is 5.73 Å². The highest BCUT2D eigenvalue weighted by Gasteiger charge is 2.19. The lowest BCUT2D eigenvalue weighted by Crippen LogP contribution is -2.09. The summed E-state index contributed by atoms with van der Waals surface area (Å²) < 4.78 is 13.4. The van der Waals surface area contributed by atoms with Gasteiger partial charge in [-0.2, -0.15) is 0 Å². The molecule has 0 saturated carbocycles. The Bertz CT molecular complexity index is 306. The quantitative estimate of drug-likeness (QED) is 0.642. The molecule has 1 heterocycles. The van der Waals surface area contributed by atoms with Gasteiger partial charge < -0.3 is 11.1 Å². The first-order chi connectivity index (χ1) is 6.27. The lowest BCUT2D eigenvalue weighted by atomic mass is 9.98. The maximum absolute atomic E-state index is 13.4. The van der Waals surface area contributed by atoms with Gasteiger partial charge in [-0.3, -0.25) is 0 Å². The molecule has 1 aliphatic heterocycles. The van der Waals surface area contributed by atoms with Crippen molar-refractivity contribution in [1.29, 1.82) is 0 Å². The summed E-state index contributed by atoms with van der Waals surface area (Å²) in [6.07, 6.45) is 1.01. The number of nitrogens with two attached hydrogens (primary N) is 1. The fourth-order valence-electron chi connectivity index (χ4n) is 1.79. The van der Waals surface area contributed by atoms with Gasteiger partial charge in [0.2, 0.25) is 0 Å². The third kappa shape index (κ3) is 1.65. The molecule has 1 aromatic carbocycles. The lowest BCUT2D eigenvalue weighted by molar-refractivity contribution is 0.589.